The lowest BCUT2D eigenvalue weighted by Crippen LogP contribution is -2.34. The molecule has 1 aliphatic heterocycles. The highest BCUT2D eigenvalue weighted by molar-refractivity contribution is 6.23. The number of imide groups is 1. The van der Waals surface area contributed by atoms with Gasteiger partial charge >= 0.3 is 0 Å². The van der Waals surface area contributed by atoms with E-state index >= 15 is 0 Å². The number of hydrogen-bond acceptors (Lipinski definition) is 3. The molecular formula is C16H17NO3. The van der Waals surface area contributed by atoms with Gasteiger partial charge in [-0.15, -0.1) is 0 Å². The van der Waals surface area contributed by atoms with E-state index in [4.69, 9.17) is 4.74 Å². The first-order valence-corrected chi connectivity index (χ1v) is 6.75. The Labute approximate surface area is 118 Å². The van der Waals surface area contributed by atoms with E-state index in [1.54, 1.807) is 31.4 Å². The van der Waals surface area contributed by atoms with Gasteiger partial charge in [-0.2, -0.15) is 0 Å². The van der Waals surface area contributed by atoms with Crippen molar-refractivity contribution in [2.45, 2.75) is 19.8 Å². The third-order valence-electron chi connectivity index (χ3n) is 4.39. The number of hydrogen-bond donors (Lipinski definition) is 0. The molecule has 0 aromatic heterocycles. The summed E-state index contributed by atoms with van der Waals surface area (Å²) in [6.07, 6.45) is 5.27. The fraction of sp³-hybridized carbons (Fsp3) is 0.375. The Morgan fingerprint density at radius 3 is 2.50 bits per heavy atom. The number of methoxy groups -OCH3 is 1. The first kappa shape index (κ1) is 12.9. The second-order valence-electron chi connectivity index (χ2n) is 5.56. The highest BCUT2D eigenvalue weighted by Crippen LogP contribution is 2.47. The molecule has 1 fully saturated rings. The predicted molar refractivity (Wildman–Crippen MR) is 75.5 cm³/mol. The van der Waals surface area contributed by atoms with Gasteiger partial charge in [-0.3, -0.25) is 9.59 Å². The Kier molecular flexibility index (Phi) is 2.89. The minimum atomic E-state index is -0.592. The molecule has 0 N–H and O–H groups in total. The number of benzene rings is 1. The summed E-state index contributed by atoms with van der Waals surface area (Å²) in [7, 11) is 1.59. The predicted octanol–water partition coefficient (Wildman–Crippen LogP) is 2.54. The lowest BCUT2D eigenvalue weighted by molar-refractivity contribution is -0.126. The lowest BCUT2D eigenvalue weighted by atomic mass is 9.72. The molecule has 0 radical (unpaired) electrons. The van der Waals surface area contributed by atoms with Crippen LogP contribution in [-0.4, -0.2) is 18.9 Å². The highest BCUT2D eigenvalue weighted by atomic mass is 16.5. The summed E-state index contributed by atoms with van der Waals surface area (Å²) in [5.74, 6) is 0.286. The van der Waals surface area contributed by atoms with Crippen molar-refractivity contribution in [3.63, 3.8) is 0 Å². The van der Waals surface area contributed by atoms with Gasteiger partial charge in [0.15, 0.2) is 0 Å². The number of nitrogens with zero attached hydrogens (tertiary/aromatic N) is 1. The van der Waals surface area contributed by atoms with E-state index in [0.717, 1.165) is 0 Å². The molecule has 1 heterocycles. The molecular weight excluding hydrogens is 254 g/mol. The minimum Gasteiger partial charge on any atom is -0.497 e. The van der Waals surface area contributed by atoms with Crippen LogP contribution < -0.4 is 9.64 Å². The van der Waals surface area contributed by atoms with Crippen molar-refractivity contribution in [3.8, 4) is 5.75 Å². The molecule has 1 saturated heterocycles. The Bertz CT molecular complexity index is 590. The van der Waals surface area contributed by atoms with Crippen LogP contribution in [0.5, 0.6) is 5.75 Å². The molecule has 2 atom stereocenters. The molecule has 4 heteroatoms. The van der Waals surface area contributed by atoms with Gasteiger partial charge in [-0.1, -0.05) is 12.2 Å². The van der Waals surface area contributed by atoms with Gasteiger partial charge in [0, 0.05) is 0 Å². The molecule has 20 heavy (non-hydrogen) atoms. The van der Waals surface area contributed by atoms with Crippen LogP contribution in [0, 0.1) is 11.3 Å². The van der Waals surface area contributed by atoms with Crippen LogP contribution in [0.25, 0.3) is 0 Å². The fourth-order valence-electron chi connectivity index (χ4n) is 3.06. The molecule has 1 aromatic rings. The zero-order valence-electron chi connectivity index (χ0n) is 11.6. The van der Waals surface area contributed by atoms with Crippen LogP contribution in [-0.2, 0) is 9.59 Å². The Hall–Kier alpha value is -2.10. The summed E-state index contributed by atoms with van der Waals surface area (Å²) in [6.45, 7) is 1.89. The van der Waals surface area contributed by atoms with Crippen molar-refractivity contribution in [2.75, 3.05) is 12.0 Å². The maximum Gasteiger partial charge on any atom is 0.240 e. The summed E-state index contributed by atoms with van der Waals surface area (Å²) < 4.78 is 5.10. The molecule has 1 aromatic carbocycles. The van der Waals surface area contributed by atoms with Gasteiger partial charge in [-0.05, 0) is 44.0 Å². The van der Waals surface area contributed by atoms with E-state index in [-0.39, 0.29) is 17.7 Å². The molecule has 0 unspecified atom stereocenters. The number of carbonyl (C=O) groups excluding carboxylic acids is 2. The zero-order valence-corrected chi connectivity index (χ0v) is 11.6. The van der Waals surface area contributed by atoms with Gasteiger partial charge in [0.05, 0.1) is 24.1 Å². The first-order valence-electron chi connectivity index (χ1n) is 6.75. The van der Waals surface area contributed by atoms with E-state index in [1.165, 1.54) is 4.90 Å². The van der Waals surface area contributed by atoms with E-state index in [9.17, 15) is 9.59 Å². The van der Waals surface area contributed by atoms with Crippen LogP contribution >= 0.6 is 0 Å². The number of rotatable bonds is 2. The number of allylic oxidation sites excluding steroid dienone is 2. The second kappa shape index (κ2) is 4.47. The highest BCUT2D eigenvalue weighted by Gasteiger charge is 2.56. The summed E-state index contributed by atoms with van der Waals surface area (Å²) in [5.41, 5.74) is 0.0302. The smallest absolute Gasteiger partial charge is 0.240 e. The SMILES string of the molecule is COc1ccc(N2C(=O)[C@@H]3CC=CC[C@]3(C)C2=O)cc1. The van der Waals surface area contributed by atoms with Gasteiger partial charge in [-0.25, -0.2) is 4.90 Å². The van der Waals surface area contributed by atoms with Crippen molar-refractivity contribution in [3.05, 3.63) is 36.4 Å². The standard InChI is InChI=1S/C16H17NO3/c1-16-10-4-3-5-13(16)14(18)17(15(16)19)11-6-8-12(20-2)9-7-11/h3-4,6-9,13H,5,10H2,1-2H3/t13-,16-/m0/s1. The van der Waals surface area contributed by atoms with Crippen molar-refractivity contribution < 1.29 is 14.3 Å². The van der Waals surface area contributed by atoms with Crippen LogP contribution in [0.2, 0.25) is 0 Å². The molecule has 104 valence electrons. The third kappa shape index (κ3) is 1.68. The van der Waals surface area contributed by atoms with Gasteiger partial charge < -0.3 is 4.74 Å². The van der Waals surface area contributed by atoms with Crippen LogP contribution in [0.3, 0.4) is 0 Å². The van der Waals surface area contributed by atoms with Crippen molar-refractivity contribution in [1.29, 1.82) is 0 Å². The largest absolute Gasteiger partial charge is 0.497 e. The summed E-state index contributed by atoms with van der Waals surface area (Å²) >= 11 is 0. The van der Waals surface area contributed by atoms with Crippen molar-refractivity contribution in [1.82, 2.24) is 0 Å². The van der Waals surface area contributed by atoms with E-state index in [2.05, 4.69) is 0 Å². The fourth-order valence-corrected chi connectivity index (χ4v) is 3.06. The normalized spacial score (nSPS) is 28.7. The molecule has 3 rings (SSSR count). The maximum atomic E-state index is 12.7. The third-order valence-corrected chi connectivity index (χ3v) is 4.39. The Morgan fingerprint density at radius 1 is 1.20 bits per heavy atom. The van der Waals surface area contributed by atoms with E-state index in [1.807, 2.05) is 19.1 Å². The molecule has 0 saturated carbocycles. The average molecular weight is 271 g/mol. The summed E-state index contributed by atoms with van der Waals surface area (Å²) in [5, 5.41) is 0. The topological polar surface area (TPSA) is 46.6 Å². The number of ether oxygens (including phenoxy) is 1. The van der Waals surface area contributed by atoms with Gasteiger partial charge in [0.2, 0.25) is 11.8 Å². The monoisotopic (exact) mass is 271 g/mol. The van der Waals surface area contributed by atoms with Gasteiger partial charge in [0.1, 0.15) is 5.75 Å². The van der Waals surface area contributed by atoms with Crippen LogP contribution in [0.15, 0.2) is 36.4 Å². The maximum absolute atomic E-state index is 12.7. The molecule has 4 nitrogen and oxygen atoms in total. The molecule has 2 amide bonds. The summed E-state index contributed by atoms with van der Waals surface area (Å²) in [6, 6.07) is 7.03. The number of fused-ring (bicyclic) bond motifs is 1. The van der Waals surface area contributed by atoms with Crippen molar-refractivity contribution in [2.24, 2.45) is 11.3 Å². The Balaban J connectivity index is 1.98. The van der Waals surface area contributed by atoms with Crippen LogP contribution in [0.4, 0.5) is 5.69 Å². The minimum absolute atomic E-state index is 0.0907. The van der Waals surface area contributed by atoms with E-state index < -0.39 is 5.41 Å². The number of anilines is 1. The quantitative estimate of drug-likeness (QED) is 0.613. The zero-order chi connectivity index (χ0) is 14.3. The lowest BCUT2D eigenvalue weighted by Gasteiger charge is -2.27. The summed E-state index contributed by atoms with van der Waals surface area (Å²) in [4.78, 5) is 26.5. The molecule has 0 bridgehead atoms. The second-order valence-corrected chi connectivity index (χ2v) is 5.56. The number of amides is 2. The van der Waals surface area contributed by atoms with Crippen LogP contribution in [0.1, 0.15) is 19.8 Å². The van der Waals surface area contributed by atoms with E-state index in [0.29, 0.717) is 24.3 Å². The molecule has 0 spiro atoms. The first-order chi connectivity index (χ1) is 9.58. The average Bonchev–Trinajstić information content (AvgIpc) is 2.67. The molecule has 1 aliphatic carbocycles. The Morgan fingerprint density at radius 2 is 1.90 bits per heavy atom. The number of carbonyl (C=O) groups is 2. The van der Waals surface area contributed by atoms with Gasteiger partial charge in [0.25, 0.3) is 0 Å². The molecule has 2 aliphatic rings. The van der Waals surface area contributed by atoms with Crippen molar-refractivity contribution >= 4 is 17.5 Å².